The molecule has 4 rings (SSSR count). The summed E-state index contributed by atoms with van der Waals surface area (Å²) in [5.74, 6) is -0.557. The average Bonchev–Trinajstić information content (AvgIpc) is 3.16. The Hall–Kier alpha value is -3.69. The zero-order valence-electron chi connectivity index (χ0n) is 21.6. The molecule has 0 saturated carbocycles. The van der Waals surface area contributed by atoms with E-state index >= 15 is 0 Å². The molecule has 0 aliphatic heterocycles. The summed E-state index contributed by atoms with van der Waals surface area (Å²) < 4.78 is 31.2. The Morgan fingerprint density at radius 2 is 1.58 bits per heavy atom. The van der Waals surface area contributed by atoms with Gasteiger partial charge in [-0.3, -0.25) is 9.10 Å². The van der Waals surface area contributed by atoms with Crippen LogP contribution in [0.5, 0.6) is 0 Å². The van der Waals surface area contributed by atoms with E-state index < -0.39 is 22.5 Å². The Bertz CT molecular complexity index is 1590. The van der Waals surface area contributed by atoms with Crippen molar-refractivity contribution in [3.05, 3.63) is 111 Å². The summed E-state index contributed by atoms with van der Waals surface area (Å²) in [6.45, 7) is 7.35. The number of hydrazone groups is 1. The Morgan fingerprint density at radius 3 is 2.21 bits per heavy atom. The molecule has 0 fully saturated rings. The van der Waals surface area contributed by atoms with Gasteiger partial charge in [0.1, 0.15) is 6.54 Å². The number of sulfonamides is 1. The fourth-order valence-electron chi connectivity index (χ4n) is 4.13. The highest BCUT2D eigenvalue weighted by molar-refractivity contribution is 9.10. The van der Waals surface area contributed by atoms with E-state index in [9.17, 15) is 13.2 Å². The van der Waals surface area contributed by atoms with Gasteiger partial charge in [-0.15, -0.1) is 0 Å². The van der Waals surface area contributed by atoms with Crippen LogP contribution < -0.4 is 9.73 Å². The number of rotatable bonds is 8. The maximum Gasteiger partial charge on any atom is 0.264 e. The second-order valence-corrected chi connectivity index (χ2v) is 11.9. The van der Waals surface area contributed by atoms with Gasteiger partial charge in [0.25, 0.3) is 15.9 Å². The Labute approximate surface area is 232 Å². The van der Waals surface area contributed by atoms with E-state index in [1.807, 2.05) is 70.2 Å². The molecule has 196 valence electrons. The Balaban J connectivity index is 1.55. The minimum absolute atomic E-state index is 0.111. The minimum Gasteiger partial charge on any atom is -0.318 e. The van der Waals surface area contributed by atoms with Crippen molar-refractivity contribution in [2.75, 3.05) is 10.8 Å². The Morgan fingerprint density at radius 1 is 0.947 bits per heavy atom. The van der Waals surface area contributed by atoms with Crippen LogP contribution in [0.25, 0.3) is 5.69 Å². The van der Waals surface area contributed by atoms with Crippen LogP contribution in [0.4, 0.5) is 5.69 Å². The lowest BCUT2D eigenvalue weighted by atomic mass is 10.2. The molecule has 0 aliphatic rings. The second kappa shape index (κ2) is 11.4. The zero-order valence-corrected chi connectivity index (χ0v) is 24.0. The highest BCUT2D eigenvalue weighted by Crippen LogP contribution is 2.25. The maximum absolute atomic E-state index is 13.5. The lowest BCUT2D eigenvalue weighted by Crippen LogP contribution is -2.39. The smallest absolute Gasteiger partial charge is 0.264 e. The third-order valence-electron chi connectivity index (χ3n) is 6.15. The van der Waals surface area contributed by atoms with Gasteiger partial charge in [-0.25, -0.2) is 13.8 Å². The van der Waals surface area contributed by atoms with E-state index in [0.717, 1.165) is 42.5 Å². The summed E-state index contributed by atoms with van der Waals surface area (Å²) >= 11 is 3.51. The third-order valence-corrected chi connectivity index (χ3v) is 8.43. The summed E-state index contributed by atoms with van der Waals surface area (Å²) in [7, 11) is -3.99. The second-order valence-electron chi connectivity index (χ2n) is 9.10. The van der Waals surface area contributed by atoms with Gasteiger partial charge in [-0.2, -0.15) is 5.10 Å². The number of carbonyl (C=O) groups is 1. The largest absolute Gasteiger partial charge is 0.318 e. The van der Waals surface area contributed by atoms with Crippen molar-refractivity contribution in [3.8, 4) is 5.69 Å². The van der Waals surface area contributed by atoms with Crippen molar-refractivity contribution in [2.24, 2.45) is 5.10 Å². The summed E-state index contributed by atoms with van der Waals surface area (Å²) in [6.07, 6.45) is 1.57. The van der Waals surface area contributed by atoms with Crippen molar-refractivity contribution >= 4 is 43.8 Å². The molecule has 0 spiro atoms. The van der Waals surface area contributed by atoms with Crippen molar-refractivity contribution in [1.29, 1.82) is 0 Å². The number of halogens is 1. The molecule has 1 aromatic heterocycles. The molecule has 0 radical (unpaired) electrons. The number of anilines is 1. The van der Waals surface area contributed by atoms with Gasteiger partial charge in [0.2, 0.25) is 0 Å². The van der Waals surface area contributed by atoms with Crippen LogP contribution in [-0.2, 0) is 14.8 Å². The number of aryl methyl sites for hydroxylation is 3. The SMILES string of the molecule is Cc1ccc(N(CC(=O)N/N=C\c2cc(C)n(-c3cccc(Br)c3)c2C)S(=O)(=O)c2ccc(C)cc2)cc1. The lowest BCUT2D eigenvalue weighted by Gasteiger charge is -2.24. The highest BCUT2D eigenvalue weighted by atomic mass is 79.9. The van der Waals surface area contributed by atoms with Crippen LogP contribution >= 0.6 is 15.9 Å². The van der Waals surface area contributed by atoms with Gasteiger partial charge in [-0.1, -0.05) is 57.4 Å². The molecule has 0 bridgehead atoms. The van der Waals surface area contributed by atoms with Crippen molar-refractivity contribution in [3.63, 3.8) is 0 Å². The quantitative estimate of drug-likeness (QED) is 0.207. The third kappa shape index (κ3) is 6.06. The van der Waals surface area contributed by atoms with Crippen molar-refractivity contribution in [2.45, 2.75) is 32.6 Å². The van der Waals surface area contributed by atoms with Crippen LogP contribution in [0, 0.1) is 27.7 Å². The van der Waals surface area contributed by atoms with E-state index in [2.05, 4.69) is 31.0 Å². The van der Waals surface area contributed by atoms with Gasteiger partial charge in [0.15, 0.2) is 0 Å². The first-order valence-electron chi connectivity index (χ1n) is 12.0. The predicted octanol–water partition coefficient (Wildman–Crippen LogP) is 5.82. The van der Waals surface area contributed by atoms with Crippen molar-refractivity contribution in [1.82, 2.24) is 9.99 Å². The molecule has 7 nitrogen and oxygen atoms in total. The van der Waals surface area contributed by atoms with Crippen LogP contribution in [0.1, 0.15) is 28.1 Å². The molecule has 1 amide bonds. The van der Waals surface area contributed by atoms with Crippen LogP contribution in [-0.4, -0.2) is 31.7 Å². The topological polar surface area (TPSA) is 83.8 Å². The molecule has 4 aromatic rings. The molecular weight excluding hydrogens is 564 g/mol. The summed E-state index contributed by atoms with van der Waals surface area (Å²) in [5.41, 5.74) is 8.63. The van der Waals surface area contributed by atoms with Crippen LogP contribution in [0.3, 0.4) is 0 Å². The van der Waals surface area contributed by atoms with Gasteiger partial charge in [-0.05, 0) is 76.2 Å². The zero-order chi connectivity index (χ0) is 27.4. The van der Waals surface area contributed by atoms with Crippen LogP contribution in [0.15, 0.2) is 93.3 Å². The number of benzene rings is 3. The summed E-state index contributed by atoms with van der Waals surface area (Å²) in [6, 6.07) is 23.5. The molecule has 0 aliphatic carbocycles. The fraction of sp³-hybridized carbons (Fsp3) is 0.172. The molecule has 0 unspecified atom stereocenters. The number of nitrogens with one attached hydrogen (secondary N) is 1. The van der Waals surface area contributed by atoms with E-state index in [1.54, 1.807) is 42.6 Å². The normalized spacial score (nSPS) is 11.6. The molecule has 1 N–H and O–H groups in total. The van der Waals surface area contributed by atoms with Gasteiger partial charge in [0.05, 0.1) is 16.8 Å². The number of carbonyl (C=O) groups excluding carboxylic acids is 1. The maximum atomic E-state index is 13.5. The van der Waals surface area contributed by atoms with Gasteiger partial charge >= 0.3 is 0 Å². The van der Waals surface area contributed by atoms with Crippen molar-refractivity contribution < 1.29 is 13.2 Å². The first-order chi connectivity index (χ1) is 18.1. The molecule has 38 heavy (non-hydrogen) atoms. The van der Waals surface area contributed by atoms with E-state index in [-0.39, 0.29) is 4.90 Å². The molecular formula is C29H29BrN4O3S. The van der Waals surface area contributed by atoms with Gasteiger partial charge < -0.3 is 4.57 Å². The average molecular weight is 594 g/mol. The monoisotopic (exact) mass is 592 g/mol. The standard InChI is InChI=1S/C29H29BrN4O3S/c1-20-8-12-26(13-9-20)33(38(36,37)28-14-10-21(2)11-15-28)19-29(35)32-31-18-24-16-22(3)34(23(24)4)27-7-5-6-25(30)17-27/h5-18H,19H2,1-4H3,(H,32,35)/b31-18-. The predicted molar refractivity (Wildman–Crippen MR) is 156 cm³/mol. The molecule has 0 saturated heterocycles. The molecule has 0 atom stereocenters. The van der Waals surface area contributed by atoms with E-state index in [4.69, 9.17) is 0 Å². The molecule has 1 heterocycles. The van der Waals surface area contributed by atoms with E-state index in [1.165, 1.54) is 0 Å². The Kier molecular flexibility index (Phi) is 8.18. The minimum atomic E-state index is -3.99. The molecule has 3 aromatic carbocycles. The number of hydrogen-bond acceptors (Lipinski definition) is 4. The number of nitrogens with zero attached hydrogens (tertiary/aromatic N) is 3. The first kappa shape index (κ1) is 27.3. The fourth-order valence-corrected chi connectivity index (χ4v) is 5.94. The number of amides is 1. The molecule has 9 heteroatoms. The van der Waals surface area contributed by atoms with Gasteiger partial charge in [0, 0.05) is 27.1 Å². The number of hydrogen-bond donors (Lipinski definition) is 1. The summed E-state index contributed by atoms with van der Waals surface area (Å²) in [5, 5.41) is 4.13. The van der Waals surface area contributed by atoms with E-state index in [0.29, 0.717) is 5.69 Å². The summed E-state index contributed by atoms with van der Waals surface area (Å²) in [4.78, 5) is 13.0. The highest BCUT2D eigenvalue weighted by Gasteiger charge is 2.27. The van der Waals surface area contributed by atoms with Crippen LogP contribution in [0.2, 0.25) is 0 Å². The first-order valence-corrected chi connectivity index (χ1v) is 14.2. The number of aromatic nitrogens is 1. The lowest BCUT2D eigenvalue weighted by molar-refractivity contribution is -0.119.